The Kier molecular flexibility index (Phi) is 5.22. The Morgan fingerprint density at radius 1 is 1.24 bits per heavy atom. The van der Waals surface area contributed by atoms with E-state index < -0.39 is 0 Å². The van der Waals surface area contributed by atoms with Crippen LogP contribution in [0.15, 0.2) is 48.7 Å². The Hall–Kier alpha value is -2.47. The number of ether oxygens (including phenoxy) is 1. The van der Waals surface area contributed by atoms with Crippen molar-refractivity contribution >= 4 is 23.2 Å². The summed E-state index contributed by atoms with van der Waals surface area (Å²) in [7, 11) is 1.58. The van der Waals surface area contributed by atoms with Gasteiger partial charge in [0.1, 0.15) is 5.75 Å². The van der Waals surface area contributed by atoms with Gasteiger partial charge in [-0.25, -0.2) is 0 Å². The molecule has 21 heavy (non-hydrogen) atoms. The van der Waals surface area contributed by atoms with E-state index in [9.17, 15) is 4.79 Å². The molecule has 0 spiro atoms. The number of rotatable bonds is 4. The summed E-state index contributed by atoms with van der Waals surface area (Å²) in [5.41, 5.74) is 1.36. The fourth-order valence-electron chi connectivity index (χ4n) is 1.64. The van der Waals surface area contributed by atoms with Crippen molar-refractivity contribution in [2.45, 2.75) is 6.54 Å². The van der Waals surface area contributed by atoms with Crippen molar-refractivity contribution in [3.63, 3.8) is 0 Å². The van der Waals surface area contributed by atoms with E-state index in [-0.39, 0.29) is 11.0 Å². The number of carbonyl (C=O) groups excluding carboxylic acids is 1. The second-order valence-electron chi connectivity index (χ2n) is 4.19. The van der Waals surface area contributed by atoms with Crippen LogP contribution >= 0.6 is 12.2 Å². The summed E-state index contributed by atoms with van der Waals surface area (Å²) < 4.78 is 5.04. The first-order valence-corrected chi connectivity index (χ1v) is 6.73. The van der Waals surface area contributed by atoms with Gasteiger partial charge in [0.25, 0.3) is 5.91 Å². The lowest BCUT2D eigenvalue weighted by Gasteiger charge is -2.09. The SMILES string of the molecule is COc1ccc(C(=O)NC(=S)NCc2ccccn2)cc1. The lowest BCUT2D eigenvalue weighted by Crippen LogP contribution is -2.38. The molecule has 1 aromatic carbocycles. The Labute approximate surface area is 128 Å². The Morgan fingerprint density at radius 2 is 2.00 bits per heavy atom. The summed E-state index contributed by atoms with van der Waals surface area (Å²) in [5.74, 6) is 0.429. The quantitative estimate of drug-likeness (QED) is 0.845. The molecule has 2 aromatic rings. The van der Waals surface area contributed by atoms with Crippen LogP contribution in [-0.2, 0) is 6.54 Å². The lowest BCUT2D eigenvalue weighted by molar-refractivity contribution is 0.0976. The molecule has 0 radical (unpaired) electrons. The van der Waals surface area contributed by atoms with Gasteiger partial charge in [0, 0.05) is 11.8 Å². The third-order valence-electron chi connectivity index (χ3n) is 2.74. The molecule has 108 valence electrons. The van der Waals surface area contributed by atoms with Gasteiger partial charge >= 0.3 is 0 Å². The molecule has 5 nitrogen and oxygen atoms in total. The van der Waals surface area contributed by atoms with E-state index in [0.717, 1.165) is 5.69 Å². The predicted molar refractivity (Wildman–Crippen MR) is 84.1 cm³/mol. The van der Waals surface area contributed by atoms with Crippen LogP contribution in [-0.4, -0.2) is 23.1 Å². The number of nitrogens with zero attached hydrogens (tertiary/aromatic N) is 1. The first-order chi connectivity index (χ1) is 10.2. The molecule has 1 amide bonds. The van der Waals surface area contributed by atoms with E-state index in [4.69, 9.17) is 17.0 Å². The zero-order chi connectivity index (χ0) is 15.1. The number of thiocarbonyl (C=S) groups is 1. The zero-order valence-electron chi connectivity index (χ0n) is 11.5. The number of pyridine rings is 1. The summed E-state index contributed by atoms with van der Waals surface area (Å²) in [4.78, 5) is 16.1. The maximum absolute atomic E-state index is 12.0. The van der Waals surface area contributed by atoms with Crippen molar-refractivity contribution in [3.05, 3.63) is 59.9 Å². The van der Waals surface area contributed by atoms with Crippen LogP contribution in [0.5, 0.6) is 5.75 Å². The first kappa shape index (κ1) is 14.9. The van der Waals surface area contributed by atoms with E-state index in [0.29, 0.717) is 17.9 Å². The molecular weight excluding hydrogens is 286 g/mol. The van der Waals surface area contributed by atoms with Crippen molar-refractivity contribution < 1.29 is 9.53 Å². The standard InChI is InChI=1S/C15H15N3O2S/c1-20-13-7-5-11(6-8-13)14(19)18-15(21)17-10-12-4-2-3-9-16-12/h2-9H,10H2,1H3,(H2,17,18,19,21). The number of carbonyl (C=O) groups is 1. The minimum atomic E-state index is -0.267. The van der Waals surface area contributed by atoms with E-state index in [1.54, 1.807) is 37.6 Å². The smallest absolute Gasteiger partial charge is 0.257 e. The Bertz CT molecular complexity index is 615. The fourth-order valence-corrected chi connectivity index (χ4v) is 1.80. The lowest BCUT2D eigenvalue weighted by atomic mass is 10.2. The van der Waals surface area contributed by atoms with Gasteiger partial charge in [-0.1, -0.05) is 6.07 Å². The largest absolute Gasteiger partial charge is 0.497 e. The number of benzene rings is 1. The number of methoxy groups -OCH3 is 1. The molecule has 1 heterocycles. The zero-order valence-corrected chi connectivity index (χ0v) is 12.3. The van der Waals surface area contributed by atoms with Gasteiger partial charge in [-0.2, -0.15) is 0 Å². The third-order valence-corrected chi connectivity index (χ3v) is 2.98. The number of aromatic nitrogens is 1. The summed E-state index contributed by atoms with van der Waals surface area (Å²) in [5, 5.41) is 5.82. The summed E-state index contributed by atoms with van der Waals surface area (Å²) >= 11 is 5.08. The first-order valence-electron chi connectivity index (χ1n) is 6.32. The minimum absolute atomic E-state index is 0.265. The van der Waals surface area contributed by atoms with Gasteiger partial charge in [-0.15, -0.1) is 0 Å². The molecule has 0 atom stereocenters. The molecule has 0 bridgehead atoms. The predicted octanol–water partition coefficient (Wildman–Crippen LogP) is 1.89. The van der Waals surface area contributed by atoms with Crippen molar-refractivity contribution in [2.75, 3.05) is 7.11 Å². The van der Waals surface area contributed by atoms with Crippen LogP contribution in [0.25, 0.3) is 0 Å². The van der Waals surface area contributed by atoms with Crippen LogP contribution in [0, 0.1) is 0 Å². The van der Waals surface area contributed by atoms with Crippen LogP contribution in [0.3, 0.4) is 0 Å². The maximum Gasteiger partial charge on any atom is 0.257 e. The van der Waals surface area contributed by atoms with Crippen LogP contribution in [0.2, 0.25) is 0 Å². The highest BCUT2D eigenvalue weighted by atomic mass is 32.1. The van der Waals surface area contributed by atoms with Gasteiger partial charge in [0.2, 0.25) is 0 Å². The fraction of sp³-hybridized carbons (Fsp3) is 0.133. The highest BCUT2D eigenvalue weighted by molar-refractivity contribution is 7.80. The van der Waals surface area contributed by atoms with E-state index >= 15 is 0 Å². The average Bonchev–Trinajstić information content (AvgIpc) is 2.54. The van der Waals surface area contributed by atoms with E-state index in [1.807, 2.05) is 18.2 Å². The maximum atomic E-state index is 12.0. The van der Waals surface area contributed by atoms with Crippen LogP contribution in [0.4, 0.5) is 0 Å². The topological polar surface area (TPSA) is 63.2 Å². The summed E-state index contributed by atoms with van der Waals surface area (Å²) in [6, 6.07) is 12.4. The number of hydrogen-bond donors (Lipinski definition) is 2. The molecule has 0 fully saturated rings. The van der Waals surface area contributed by atoms with Crippen LogP contribution in [0.1, 0.15) is 16.1 Å². The number of hydrogen-bond acceptors (Lipinski definition) is 4. The van der Waals surface area contributed by atoms with Gasteiger partial charge in [0.05, 0.1) is 19.3 Å². The second-order valence-corrected chi connectivity index (χ2v) is 4.59. The van der Waals surface area contributed by atoms with E-state index in [2.05, 4.69) is 15.6 Å². The van der Waals surface area contributed by atoms with Crippen molar-refractivity contribution in [1.29, 1.82) is 0 Å². The number of amides is 1. The van der Waals surface area contributed by atoms with Gasteiger partial charge in [-0.3, -0.25) is 15.1 Å². The molecule has 1 aromatic heterocycles. The average molecular weight is 301 g/mol. The van der Waals surface area contributed by atoms with Crippen molar-refractivity contribution in [2.24, 2.45) is 0 Å². The Morgan fingerprint density at radius 3 is 2.62 bits per heavy atom. The molecule has 0 unspecified atom stereocenters. The Balaban J connectivity index is 1.85. The molecule has 0 aliphatic rings. The molecule has 0 saturated heterocycles. The van der Waals surface area contributed by atoms with E-state index in [1.165, 1.54) is 0 Å². The highest BCUT2D eigenvalue weighted by Gasteiger charge is 2.07. The molecule has 2 rings (SSSR count). The van der Waals surface area contributed by atoms with Gasteiger partial charge < -0.3 is 10.1 Å². The monoisotopic (exact) mass is 301 g/mol. The molecule has 6 heteroatoms. The molecule has 2 N–H and O–H groups in total. The molecule has 0 aliphatic carbocycles. The highest BCUT2D eigenvalue weighted by Crippen LogP contribution is 2.10. The third kappa shape index (κ3) is 4.54. The second kappa shape index (κ2) is 7.35. The van der Waals surface area contributed by atoms with Gasteiger partial charge in [-0.05, 0) is 48.6 Å². The molecule has 0 saturated carbocycles. The molecular formula is C15H15N3O2S. The minimum Gasteiger partial charge on any atom is -0.497 e. The van der Waals surface area contributed by atoms with Gasteiger partial charge in [0.15, 0.2) is 5.11 Å². The number of nitrogens with one attached hydrogen (secondary N) is 2. The molecule has 0 aliphatic heterocycles. The summed E-state index contributed by atoms with van der Waals surface area (Å²) in [6.45, 7) is 0.461. The van der Waals surface area contributed by atoms with Crippen LogP contribution < -0.4 is 15.4 Å². The normalized spacial score (nSPS) is 9.76. The summed E-state index contributed by atoms with van der Waals surface area (Å²) in [6.07, 6.45) is 1.70. The van der Waals surface area contributed by atoms with Crippen molar-refractivity contribution in [1.82, 2.24) is 15.6 Å². The van der Waals surface area contributed by atoms with Crippen molar-refractivity contribution in [3.8, 4) is 5.75 Å².